The summed E-state index contributed by atoms with van der Waals surface area (Å²) >= 11 is 0. The lowest BCUT2D eigenvalue weighted by atomic mass is 9.88. The molecule has 0 aromatic rings. The van der Waals surface area contributed by atoms with Crippen molar-refractivity contribution in [1.29, 1.82) is 0 Å². The first-order valence-corrected chi connectivity index (χ1v) is 5.65. The first kappa shape index (κ1) is 9.87. The van der Waals surface area contributed by atoms with Crippen molar-refractivity contribution in [1.82, 2.24) is 0 Å². The highest BCUT2D eigenvalue weighted by Crippen LogP contribution is 2.55. The van der Waals surface area contributed by atoms with E-state index in [4.69, 9.17) is 9.47 Å². The summed E-state index contributed by atoms with van der Waals surface area (Å²) in [5.74, 6) is 0.161. The fourth-order valence-corrected chi connectivity index (χ4v) is 3.29. The zero-order valence-corrected chi connectivity index (χ0v) is 9.14. The lowest BCUT2D eigenvalue weighted by Gasteiger charge is -2.25. The summed E-state index contributed by atoms with van der Waals surface area (Å²) in [5, 5.41) is 0. The molecule has 0 radical (unpaired) electrons. The fraction of sp³-hybridized carbons (Fsp3) is 0.667. The molecule has 2 bridgehead atoms. The molecule has 3 aliphatic rings. The maximum atomic E-state index is 11.5. The van der Waals surface area contributed by atoms with Gasteiger partial charge in [0.2, 0.25) is 0 Å². The number of rotatable bonds is 2. The first-order chi connectivity index (χ1) is 7.58. The van der Waals surface area contributed by atoms with Gasteiger partial charge in [0.1, 0.15) is 12.2 Å². The molecule has 1 heterocycles. The van der Waals surface area contributed by atoms with Crippen LogP contribution in [0.3, 0.4) is 0 Å². The van der Waals surface area contributed by atoms with E-state index in [0.29, 0.717) is 11.5 Å². The molecule has 86 valence electrons. The minimum absolute atomic E-state index is 0.0646. The molecule has 2 saturated carbocycles. The summed E-state index contributed by atoms with van der Waals surface area (Å²) in [6.45, 7) is 5.18. The smallest absolute Gasteiger partial charge is 0.333 e. The second-order valence-electron chi connectivity index (χ2n) is 5.05. The Kier molecular flexibility index (Phi) is 1.91. The van der Waals surface area contributed by atoms with Crippen LogP contribution in [0.1, 0.15) is 19.8 Å². The third-order valence-electron chi connectivity index (χ3n) is 4.01. The van der Waals surface area contributed by atoms with Crippen molar-refractivity contribution in [3.63, 3.8) is 0 Å². The van der Waals surface area contributed by atoms with E-state index in [1.54, 1.807) is 6.92 Å². The van der Waals surface area contributed by atoms with E-state index in [1.807, 2.05) is 0 Å². The van der Waals surface area contributed by atoms with Crippen LogP contribution in [0.2, 0.25) is 0 Å². The Bertz CT molecular complexity index is 386. The maximum Gasteiger partial charge on any atom is 0.333 e. The molecule has 5 atom stereocenters. The minimum atomic E-state index is -0.378. The van der Waals surface area contributed by atoms with Crippen molar-refractivity contribution in [2.45, 2.75) is 32.0 Å². The van der Waals surface area contributed by atoms with Crippen LogP contribution in [-0.4, -0.2) is 24.1 Å². The number of hydrogen-bond acceptors (Lipinski definition) is 4. The zero-order chi connectivity index (χ0) is 11.4. The molecule has 3 fully saturated rings. The van der Waals surface area contributed by atoms with Gasteiger partial charge in [-0.2, -0.15) is 0 Å². The van der Waals surface area contributed by atoms with Crippen molar-refractivity contribution < 1.29 is 19.1 Å². The Labute approximate surface area is 93.6 Å². The molecule has 0 spiro atoms. The summed E-state index contributed by atoms with van der Waals surface area (Å²) in [7, 11) is 0. The number of carbonyl (C=O) groups is 2. The number of hydrogen-bond donors (Lipinski definition) is 0. The summed E-state index contributed by atoms with van der Waals surface area (Å²) in [6, 6.07) is 0. The third-order valence-corrected chi connectivity index (χ3v) is 4.01. The normalized spacial score (nSPS) is 43.3. The van der Waals surface area contributed by atoms with Crippen molar-refractivity contribution in [2.24, 2.45) is 17.8 Å². The average Bonchev–Trinajstić information content (AvgIpc) is 2.81. The monoisotopic (exact) mass is 222 g/mol. The molecule has 0 N–H and O–H groups in total. The van der Waals surface area contributed by atoms with E-state index in [2.05, 4.69) is 6.58 Å². The number of fused-ring (bicyclic) bond motifs is 1. The van der Waals surface area contributed by atoms with Crippen molar-refractivity contribution in [3.05, 3.63) is 12.2 Å². The molecular weight excluding hydrogens is 208 g/mol. The molecule has 1 saturated heterocycles. The van der Waals surface area contributed by atoms with E-state index in [-0.39, 0.29) is 36.0 Å². The van der Waals surface area contributed by atoms with E-state index < -0.39 is 0 Å². The van der Waals surface area contributed by atoms with Gasteiger partial charge < -0.3 is 9.47 Å². The summed E-state index contributed by atoms with van der Waals surface area (Å²) in [4.78, 5) is 22.9. The van der Waals surface area contributed by atoms with Crippen LogP contribution in [0, 0.1) is 17.8 Å². The van der Waals surface area contributed by atoms with Crippen LogP contribution in [0.4, 0.5) is 0 Å². The second kappa shape index (κ2) is 3.09. The van der Waals surface area contributed by atoms with E-state index in [1.165, 1.54) is 0 Å². The highest BCUT2D eigenvalue weighted by molar-refractivity contribution is 5.87. The van der Waals surface area contributed by atoms with E-state index >= 15 is 0 Å². The number of ether oxygens (including phenoxy) is 2. The highest BCUT2D eigenvalue weighted by Gasteiger charge is 2.63. The summed E-state index contributed by atoms with van der Waals surface area (Å²) in [5.41, 5.74) is 0.392. The minimum Gasteiger partial charge on any atom is -0.458 e. The molecule has 4 heteroatoms. The largest absolute Gasteiger partial charge is 0.458 e. The standard InChI is InChI=1S/C12H14O4/c1-5(2)11(13)15-9-6-3-7-8(4-6)12(14)16-10(7)9/h6-10H,1,3-4H2,2H3/t6-,7?,8+,9?,10?/m0/s1. The Hall–Kier alpha value is -1.32. The fourth-order valence-electron chi connectivity index (χ4n) is 3.29. The molecule has 4 nitrogen and oxygen atoms in total. The number of carbonyl (C=O) groups excluding carboxylic acids is 2. The van der Waals surface area contributed by atoms with Crippen LogP contribution in [0.5, 0.6) is 0 Å². The predicted molar refractivity (Wildman–Crippen MR) is 54.3 cm³/mol. The van der Waals surface area contributed by atoms with Gasteiger partial charge in [-0.3, -0.25) is 4.79 Å². The Morgan fingerprint density at radius 3 is 2.94 bits per heavy atom. The topological polar surface area (TPSA) is 52.6 Å². The van der Waals surface area contributed by atoms with Gasteiger partial charge in [-0.1, -0.05) is 6.58 Å². The average molecular weight is 222 g/mol. The highest BCUT2D eigenvalue weighted by atomic mass is 16.6. The van der Waals surface area contributed by atoms with E-state index in [9.17, 15) is 9.59 Å². The SMILES string of the molecule is C=C(C)C(=O)OC1C2OC(=O)[C@@H]3C[C@@H]1CC23. The predicted octanol–water partition coefficient (Wildman–Crippen LogP) is 1.06. The summed E-state index contributed by atoms with van der Waals surface area (Å²) < 4.78 is 10.7. The number of esters is 2. The van der Waals surface area contributed by atoms with Gasteiger partial charge in [-0.15, -0.1) is 0 Å². The molecule has 16 heavy (non-hydrogen) atoms. The lowest BCUT2D eigenvalue weighted by Crippen LogP contribution is -2.36. The van der Waals surface area contributed by atoms with Gasteiger partial charge in [0.05, 0.1) is 5.92 Å². The van der Waals surface area contributed by atoms with Crippen molar-refractivity contribution in [2.75, 3.05) is 0 Å². The Morgan fingerprint density at radius 1 is 1.50 bits per heavy atom. The first-order valence-electron chi connectivity index (χ1n) is 5.65. The molecule has 0 amide bonds. The van der Waals surface area contributed by atoms with Gasteiger partial charge in [0.15, 0.2) is 0 Å². The Balaban J connectivity index is 1.77. The van der Waals surface area contributed by atoms with Crippen LogP contribution >= 0.6 is 0 Å². The molecule has 2 aliphatic carbocycles. The van der Waals surface area contributed by atoms with Crippen LogP contribution < -0.4 is 0 Å². The van der Waals surface area contributed by atoms with Crippen molar-refractivity contribution in [3.8, 4) is 0 Å². The second-order valence-corrected chi connectivity index (χ2v) is 5.05. The molecular formula is C12H14O4. The molecule has 3 rings (SSSR count). The molecule has 0 aromatic heterocycles. The van der Waals surface area contributed by atoms with Crippen LogP contribution in [-0.2, 0) is 19.1 Å². The third kappa shape index (κ3) is 1.16. The Morgan fingerprint density at radius 2 is 2.25 bits per heavy atom. The van der Waals surface area contributed by atoms with E-state index in [0.717, 1.165) is 12.8 Å². The molecule has 1 aliphatic heterocycles. The van der Waals surface area contributed by atoms with Crippen LogP contribution in [0.15, 0.2) is 12.2 Å². The quantitative estimate of drug-likeness (QED) is 0.517. The van der Waals surface area contributed by atoms with Gasteiger partial charge in [-0.25, -0.2) is 4.79 Å². The van der Waals surface area contributed by atoms with Gasteiger partial charge >= 0.3 is 11.9 Å². The van der Waals surface area contributed by atoms with Gasteiger partial charge in [0.25, 0.3) is 0 Å². The maximum absolute atomic E-state index is 11.5. The van der Waals surface area contributed by atoms with Gasteiger partial charge in [-0.05, 0) is 19.8 Å². The van der Waals surface area contributed by atoms with Gasteiger partial charge in [0, 0.05) is 17.4 Å². The molecule has 0 aromatic carbocycles. The van der Waals surface area contributed by atoms with Crippen molar-refractivity contribution >= 4 is 11.9 Å². The zero-order valence-electron chi connectivity index (χ0n) is 9.14. The molecule has 3 unspecified atom stereocenters. The summed E-state index contributed by atoms with van der Waals surface area (Å²) in [6.07, 6.45) is 1.33. The van der Waals surface area contributed by atoms with Crippen LogP contribution in [0.25, 0.3) is 0 Å². The lowest BCUT2D eigenvalue weighted by molar-refractivity contribution is -0.158.